The molecule has 0 aliphatic carbocycles. The van der Waals surface area contributed by atoms with Crippen LogP contribution in [0.5, 0.6) is 0 Å². The molecule has 8 heteroatoms. The summed E-state index contributed by atoms with van der Waals surface area (Å²) < 4.78 is 26.9. The number of hydrogen-bond donors (Lipinski definition) is 1. The van der Waals surface area contributed by atoms with Crippen molar-refractivity contribution in [1.29, 1.82) is 0 Å². The number of hydrogen-bond acceptors (Lipinski definition) is 4. The molecule has 3 heterocycles. The number of aromatic nitrogens is 2. The highest BCUT2D eigenvalue weighted by Gasteiger charge is 2.37. The van der Waals surface area contributed by atoms with Crippen molar-refractivity contribution in [3.05, 3.63) is 17.7 Å². The molecule has 1 saturated heterocycles. The van der Waals surface area contributed by atoms with Gasteiger partial charge in [0.15, 0.2) is 0 Å². The summed E-state index contributed by atoms with van der Waals surface area (Å²) in [6.07, 6.45) is 6.17. The van der Waals surface area contributed by atoms with Gasteiger partial charge in [0, 0.05) is 31.7 Å². The van der Waals surface area contributed by atoms with Crippen LogP contribution in [-0.2, 0) is 27.8 Å². The second kappa shape index (κ2) is 5.66. The average Bonchev–Trinajstić information content (AvgIpc) is 3.02. The molecule has 0 spiro atoms. The fraction of sp³-hybridized carbons (Fsp3) is 0.714. The van der Waals surface area contributed by atoms with E-state index in [1.165, 1.54) is 10.6 Å². The van der Waals surface area contributed by atoms with Crippen LogP contribution < -0.4 is 5.32 Å². The van der Waals surface area contributed by atoms with Gasteiger partial charge in [0.1, 0.15) is 11.9 Å². The van der Waals surface area contributed by atoms with Gasteiger partial charge in [0.25, 0.3) is 0 Å². The highest BCUT2D eigenvalue weighted by atomic mass is 32.2. The van der Waals surface area contributed by atoms with Gasteiger partial charge in [-0.15, -0.1) is 0 Å². The Morgan fingerprint density at radius 3 is 2.91 bits per heavy atom. The van der Waals surface area contributed by atoms with E-state index in [0.29, 0.717) is 19.5 Å². The van der Waals surface area contributed by atoms with Gasteiger partial charge in [-0.1, -0.05) is 0 Å². The lowest BCUT2D eigenvalue weighted by molar-refractivity contribution is -0.125. The van der Waals surface area contributed by atoms with Gasteiger partial charge in [0.2, 0.25) is 15.9 Å². The first-order chi connectivity index (χ1) is 10.3. The second-order valence-corrected chi connectivity index (χ2v) is 8.16. The number of carbonyl (C=O) groups is 1. The van der Waals surface area contributed by atoms with Crippen LogP contribution in [-0.4, -0.2) is 53.1 Å². The zero-order chi connectivity index (χ0) is 15.9. The van der Waals surface area contributed by atoms with Gasteiger partial charge in [0.05, 0.1) is 11.9 Å². The largest absolute Gasteiger partial charge is 0.350 e. The average molecular weight is 326 g/mol. The van der Waals surface area contributed by atoms with Crippen molar-refractivity contribution in [2.45, 2.75) is 51.2 Å². The molecule has 3 rings (SSSR count). The van der Waals surface area contributed by atoms with Crippen molar-refractivity contribution in [3.8, 4) is 0 Å². The van der Waals surface area contributed by atoms with Crippen LogP contribution in [0.3, 0.4) is 0 Å². The number of rotatable bonds is 3. The first-order valence-electron chi connectivity index (χ1n) is 7.64. The summed E-state index contributed by atoms with van der Waals surface area (Å²) in [7, 11) is -3.33. The highest BCUT2D eigenvalue weighted by molar-refractivity contribution is 7.88. The molecule has 0 bridgehead atoms. The van der Waals surface area contributed by atoms with Crippen LogP contribution >= 0.6 is 0 Å². The molecular weight excluding hydrogens is 304 g/mol. The number of amides is 1. The number of aryl methyl sites for hydroxylation is 2. The Kier molecular flexibility index (Phi) is 3.98. The number of carbonyl (C=O) groups excluding carboxylic acids is 1. The Morgan fingerprint density at radius 1 is 1.41 bits per heavy atom. The molecule has 0 saturated carbocycles. The van der Waals surface area contributed by atoms with E-state index in [-0.39, 0.29) is 11.9 Å². The molecule has 2 aliphatic heterocycles. The molecule has 1 aromatic heterocycles. The molecule has 122 valence electrons. The van der Waals surface area contributed by atoms with Gasteiger partial charge in [-0.25, -0.2) is 13.4 Å². The van der Waals surface area contributed by atoms with Crippen molar-refractivity contribution < 1.29 is 13.2 Å². The summed E-state index contributed by atoms with van der Waals surface area (Å²) in [5.74, 6) is 0.884. The van der Waals surface area contributed by atoms with Crippen LogP contribution in [0.4, 0.5) is 0 Å². The number of nitrogens with one attached hydrogen (secondary N) is 1. The summed E-state index contributed by atoms with van der Waals surface area (Å²) in [4.78, 5) is 16.9. The third-order valence-electron chi connectivity index (χ3n) is 4.39. The van der Waals surface area contributed by atoms with Crippen LogP contribution in [0.1, 0.15) is 30.8 Å². The third kappa shape index (κ3) is 3.03. The molecule has 0 aromatic carbocycles. The molecule has 0 radical (unpaired) electrons. The van der Waals surface area contributed by atoms with Crippen molar-refractivity contribution in [2.24, 2.45) is 0 Å². The van der Waals surface area contributed by atoms with Crippen LogP contribution in [0.15, 0.2) is 6.20 Å². The maximum atomic E-state index is 12.4. The Bertz CT molecular complexity index is 682. The molecule has 22 heavy (non-hydrogen) atoms. The summed E-state index contributed by atoms with van der Waals surface area (Å²) in [6.45, 7) is 3.10. The van der Waals surface area contributed by atoms with E-state index < -0.39 is 16.1 Å². The lowest BCUT2D eigenvalue weighted by Crippen LogP contribution is -2.50. The summed E-state index contributed by atoms with van der Waals surface area (Å²) >= 11 is 0. The van der Waals surface area contributed by atoms with E-state index in [1.54, 1.807) is 0 Å². The second-order valence-electron chi connectivity index (χ2n) is 6.23. The number of imidazole rings is 1. The Balaban J connectivity index is 1.65. The predicted molar refractivity (Wildman–Crippen MR) is 81.8 cm³/mol. The van der Waals surface area contributed by atoms with Gasteiger partial charge in [-0.3, -0.25) is 4.79 Å². The standard InChI is InChI=1S/C14H22N4O3S/c1-10-8-17-9-11(5-6-13(17)15-10)16-14(19)12-4-3-7-18(12)22(2,20)21/h8,11-12H,3-7,9H2,1-2H3,(H,16,19)/t11-,12-/m0/s1. The van der Waals surface area contributed by atoms with Gasteiger partial charge in [-0.05, 0) is 26.2 Å². The minimum Gasteiger partial charge on any atom is -0.350 e. The van der Waals surface area contributed by atoms with E-state index in [1.807, 2.05) is 13.1 Å². The Hall–Kier alpha value is -1.41. The van der Waals surface area contributed by atoms with Crippen molar-refractivity contribution in [3.63, 3.8) is 0 Å². The van der Waals surface area contributed by atoms with Crippen molar-refractivity contribution in [2.75, 3.05) is 12.8 Å². The zero-order valence-corrected chi connectivity index (χ0v) is 13.8. The molecule has 1 N–H and O–H groups in total. The van der Waals surface area contributed by atoms with E-state index in [4.69, 9.17) is 0 Å². The van der Waals surface area contributed by atoms with Crippen LogP contribution in [0, 0.1) is 6.92 Å². The quantitative estimate of drug-likeness (QED) is 0.850. The topological polar surface area (TPSA) is 84.3 Å². The molecule has 7 nitrogen and oxygen atoms in total. The number of fused-ring (bicyclic) bond motifs is 1. The van der Waals surface area contributed by atoms with Gasteiger partial charge < -0.3 is 9.88 Å². The van der Waals surface area contributed by atoms with E-state index >= 15 is 0 Å². The lowest BCUT2D eigenvalue weighted by Gasteiger charge is -2.28. The molecule has 1 aromatic rings. The SMILES string of the molecule is Cc1cn2c(n1)CC[C@H](NC(=O)[C@@H]1CCCN1S(C)(=O)=O)C2. The first kappa shape index (κ1) is 15.5. The molecule has 2 atom stereocenters. The predicted octanol–water partition coefficient (Wildman–Crippen LogP) is 0.0465. The minimum atomic E-state index is -3.33. The molecular formula is C14H22N4O3S. The highest BCUT2D eigenvalue weighted by Crippen LogP contribution is 2.21. The zero-order valence-electron chi connectivity index (χ0n) is 12.9. The smallest absolute Gasteiger partial charge is 0.238 e. The van der Waals surface area contributed by atoms with Crippen molar-refractivity contribution >= 4 is 15.9 Å². The monoisotopic (exact) mass is 326 g/mol. The lowest BCUT2D eigenvalue weighted by atomic mass is 10.1. The molecule has 1 amide bonds. The summed E-state index contributed by atoms with van der Waals surface area (Å²) in [6, 6.07) is -0.517. The fourth-order valence-electron chi connectivity index (χ4n) is 3.40. The third-order valence-corrected chi connectivity index (χ3v) is 5.68. The van der Waals surface area contributed by atoms with Crippen molar-refractivity contribution in [1.82, 2.24) is 19.2 Å². The van der Waals surface area contributed by atoms with Crippen LogP contribution in [0.25, 0.3) is 0 Å². The minimum absolute atomic E-state index is 0.0376. The fourth-order valence-corrected chi connectivity index (χ4v) is 4.52. The van der Waals surface area contributed by atoms with E-state index in [9.17, 15) is 13.2 Å². The summed E-state index contributed by atoms with van der Waals surface area (Å²) in [5, 5.41) is 3.02. The maximum absolute atomic E-state index is 12.4. The normalized spacial score (nSPS) is 25.9. The van der Waals surface area contributed by atoms with Gasteiger partial charge in [-0.2, -0.15) is 4.31 Å². The van der Waals surface area contributed by atoms with Gasteiger partial charge >= 0.3 is 0 Å². The van der Waals surface area contributed by atoms with Crippen LogP contribution in [0.2, 0.25) is 0 Å². The molecule has 2 aliphatic rings. The van der Waals surface area contributed by atoms with E-state index in [2.05, 4.69) is 14.9 Å². The molecule has 1 fully saturated rings. The first-order valence-corrected chi connectivity index (χ1v) is 9.49. The van der Waals surface area contributed by atoms with E-state index in [0.717, 1.165) is 30.8 Å². The number of sulfonamides is 1. The number of nitrogens with zero attached hydrogens (tertiary/aromatic N) is 3. The Morgan fingerprint density at radius 2 is 2.18 bits per heavy atom. The summed E-state index contributed by atoms with van der Waals surface area (Å²) in [5.41, 5.74) is 0.987. The maximum Gasteiger partial charge on any atom is 0.238 e. The molecule has 0 unspecified atom stereocenters. The Labute approximate surface area is 130 Å².